The summed E-state index contributed by atoms with van der Waals surface area (Å²) in [5, 5.41) is 29.3. The second-order valence-electron chi connectivity index (χ2n) is 6.18. The van der Waals surface area contributed by atoms with Crippen molar-refractivity contribution in [2.75, 3.05) is 0 Å². The number of carbonyl (C=O) groups excluding carboxylic acids is 3. The Labute approximate surface area is 433 Å². The molecule has 182 valence electrons. The van der Waals surface area contributed by atoms with E-state index in [0.717, 1.165) is 25.1 Å². The molecule has 0 bridgehead atoms. The third-order valence-electron chi connectivity index (χ3n) is 3.78. The zero-order valence-corrected chi connectivity index (χ0v) is 39.0. The van der Waals surface area contributed by atoms with E-state index < -0.39 is 73.7 Å². The summed E-state index contributed by atoms with van der Waals surface area (Å²) in [5.74, 6) is -4.99. The van der Waals surface area contributed by atoms with Gasteiger partial charge in [-0.3, -0.25) is 9.36 Å². The van der Waals surface area contributed by atoms with Gasteiger partial charge in [-0.1, -0.05) is 0 Å². The Hall–Kier alpha value is 4.82. The normalized spacial score (nSPS) is 11.7. The number of pyridine rings is 1. The molecule has 1 heterocycles. The maximum atomic E-state index is 11.6. The molecule has 0 aliphatic carbocycles. The minimum absolute atomic E-state index is 0. The second-order valence-corrected chi connectivity index (χ2v) is 8.46. The molecule has 39 heavy (non-hydrogen) atoms. The number of phosphoric ester groups is 2. The molecular weight excluding hydrogens is 700 g/mol. The number of azo groups is 1. The Morgan fingerprint density at radius 1 is 0.974 bits per heavy atom. The summed E-state index contributed by atoms with van der Waals surface area (Å²) < 4.78 is 30.4. The molecule has 16 nitrogen and oxygen atoms in total. The van der Waals surface area contributed by atoms with E-state index in [4.69, 9.17) is 4.89 Å². The van der Waals surface area contributed by atoms with Crippen molar-refractivity contribution in [3.63, 3.8) is 0 Å². The number of rotatable bonds is 10. The monoisotopic (exact) mass is 709 g/mol. The Balaban J connectivity index is -0.00000122. The molecule has 2 aromatic rings. The third kappa shape index (κ3) is 18.1. The Bertz CT molecular complexity index is 1270. The summed E-state index contributed by atoms with van der Waals surface area (Å²) in [7, 11) is -11.1. The van der Waals surface area contributed by atoms with Gasteiger partial charge in [0.15, 0.2) is 17.9 Å². The average Bonchev–Trinajstić information content (AvgIpc) is 2.70. The van der Waals surface area contributed by atoms with Crippen molar-refractivity contribution in [2.24, 2.45) is 10.2 Å². The van der Waals surface area contributed by atoms with Gasteiger partial charge in [0, 0.05) is 16.7 Å². The van der Waals surface area contributed by atoms with Crippen LogP contribution in [0.4, 0.5) is 11.5 Å². The summed E-state index contributed by atoms with van der Waals surface area (Å²) in [5.41, 5.74) is -3.37. The van der Waals surface area contributed by atoms with Crippen LogP contribution in [0.15, 0.2) is 28.4 Å². The number of aryl methyl sites for hydroxylation is 1. The molecule has 1 aromatic carbocycles. The Morgan fingerprint density at radius 2 is 1.46 bits per heavy atom. The fourth-order valence-electron chi connectivity index (χ4n) is 2.46. The van der Waals surface area contributed by atoms with Crippen LogP contribution in [0.5, 0.6) is 5.75 Å². The molecule has 0 aliphatic heterocycles. The second kappa shape index (κ2) is 23.2. The van der Waals surface area contributed by atoms with Crippen molar-refractivity contribution in [3.05, 3.63) is 46.1 Å². The smallest absolute Gasteiger partial charge is 0.790 e. The number of phosphoric acid groups is 2. The molecular formula is C16H10K5N3O13P2. The number of nitrogens with zero attached hydrogens (tertiary/aromatic N) is 3. The largest absolute Gasteiger partial charge is 1.00 e. The van der Waals surface area contributed by atoms with Crippen LogP contribution in [-0.2, 0) is 20.3 Å². The summed E-state index contributed by atoms with van der Waals surface area (Å²) >= 11 is 0. The Kier molecular flexibility index (Phi) is 30.1. The van der Waals surface area contributed by atoms with Crippen molar-refractivity contribution in [2.45, 2.75) is 13.5 Å². The van der Waals surface area contributed by atoms with Gasteiger partial charge >= 0.3 is 265 Å². The quantitative estimate of drug-likeness (QED) is 0.104. The van der Waals surface area contributed by atoms with Gasteiger partial charge in [-0.2, -0.15) is 0 Å². The van der Waals surface area contributed by atoms with Gasteiger partial charge in [0.1, 0.15) is 0 Å². The van der Waals surface area contributed by atoms with Crippen LogP contribution in [0, 0.1) is 6.92 Å². The zero-order chi connectivity index (χ0) is 25.8. The molecule has 0 radical (unpaired) electrons. The van der Waals surface area contributed by atoms with E-state index >= 15 is 0 Å². The van der Waals surface area contributed by atoms with Crippen LogP contribution in [0.25, 0.3) is 0 Å². The van der Waals surface area contributed by atoms with E-state index in [9.17, 15) is 48.4 Å². The first-order valence-corrected chi connectivity index (χ1v) is 11.4. The first-order chi connectivity index (χ1) is 15.6. The minimum Gasteiger partial charge on any atom is -0.790 e. The fourth-order valence-corrected chi connectivity index (χ4v) is 3.21. The van der Waals surface area contributed by atoms with Crippen LogP contribution in [0.1, 0.15) is 42.3 Å². The number of hydrogen-bond donors (Lipinski definition) is 1. The van der Waals surface area contributed by atoms with Crippen LogP contribution < -0.4 is 286 Å². The van der Waals surface area contributed by atoms with Crippen molar-refractivity contribution in [1.82, 2.24) is 4.98 Å². The van der Waals surface area contributed by atoms with E-state index in [0.29, 0.717) is 0 Å². The molecule has 23 heteroatoms. The summed E-state index contributed by atoms with van der Waals surface area (Å²) in [6.45, 7) is -0.104. The molecule has 0 aliphatic rings. The predicted octanol–water partition coefficient (Wildman–Crippen LogP) is -17.5. The van der Waals surface area contributed by atoms with Crippen molar-refractivity contribution < 1.29 is 319 Å². The maximum Gasteiger partial charge on any atom is 1.00 e. The number of benzene rings is 1. The summed E-state index contributed by atoms with van der Waals surface area (Å²) in [4.78, 5) is 79.3. The third-order valence-corrected chi connectivity index (χ3v) is 4.64. The molecule has 0 saturated carbocycles. The van der Waals surface area contributed by atoms with Crippen LogP contribution in [-0.4, -0.2) is 28.1 Å². The molecule has 0 amide bonds. The molecule has 1 N–H and O–H groups in total. The van der Waals surface area contributed by atoms with Gasteiger partial charge < -0.3 is 53.0 Å². The minimum atomic E-state index is -5.63. The van der Waals surface area contributed by atoms with Gasteiger partial charge in [0.25, 0.3) is 0 Å². The van der Waals surface area contributed by atoms with Crippen molar-refractivity contribution in [1.29, 1.82) is 0 Å². The number of aldehydes is 1. The molecule has 0 fully saturated rings. The van der Waals surface area contributed by atoms with Crippen LogP contribution in [0.3, 0.4) is 0 Å². The number of carbonyl (C=O) groups is 3. The first kappa shape index (κ1) is 50.7. The maximum absolute atomic E-state index is 11.6. The Morgan fingerprint density at radius 3 is 1.85 bits per heavy atom. The molecule has 2 rings (SSSR count). The van der Waals surface area contributed by atoms with Gasteiger partial charge in [-0.05, 0) is 25.1 Å². The number of carboxylic acid groups (broad SMARTS) is 2. The van der Waals surface area contributed by atoms with Crippen LogP contribution >= 0.6 is 15.6 Å². The van der Waals surface area contributed by atoms with E-state index in [2.05, 4.69) is 24.3 Å². The molecule has 0 saturated heterocycles. The molecule has 1 atom stereocenters. The molecule has 1 aromatic heterocycles. The standard InChI is InChI=1S/C16H15N3O13P2.5K/c1-7-13(32-34(28,29)30)11(5-20)12(6-31-33(25,26)27)14(17-7)19-18-10-3-8(15(21)22)2-9(4-10)16(23)24;;;;;/h2-5H,6H2,1H3,(H,21,22)(H,23,24)(H2,25,26,27)(H2,28,29,30);;;;;/q;5*+1/p-5. The fraction of sp³-hybridized carbons (Fsp3) is 0.125. The SMILES string of the molecule is Cc1nc(N=Nc2cc(C(=O)[O-])cc(C(=O)[O-])c2)c(COP(=O)([O-])[O-])c(C=O)c1OP(=O)([O-])O.[K+].[K+].[K+].[K+].[K+]. The van der Waals surface area contributed by atoms with E-state index in [-0.39, 0.29) is 269 Å². The average molecular weight is 710 g/mol. The first-order valence-electron chi connectivity index (χ1n) is 8.49. The predicted molar refractivity (Wildman–Crippen MR) is 96.5 cm³/mol. The summed E-state index contributed by atoms with van der Waals surface area (Å²) in [6.07, 6.45) is -0.0388. The summed E-state index contributed by atoms with van der Waals surface area (Å²) in [6, 6.07) is 2.41. The van der Waals surface area contributed by atoms with E-state index in [1.165, 1.54) is 0 Å². The van der Waals surface area contributed by atoms with Gasteiger partial charge in [-0.15, -0.1) is 10.2 Å². The number of aromatic carboxylic acids is 2. The molecule has 1 unspecified atom stereocenters. The van der Waals surface area contributed by atoms with Gasteiger partial charge in [-0.25, -0.2) is 4.98 Å². The number of hydrogen-bond acceptors (Lipinski definition) is 15. The van der Waals surface area contributed by atoms with Crippen LogP contribution in [0.2, 0.25) is 0 Å². The van der Waals surface area contributed by atoms with E-state index in [1.807, 2.05) is 0 Å². The van der Waals surface area contributed by atoms with Crippen molar-refractivity contribution >= 4 is 45.4 Å². The molecule has 0 spiro atoms. The zero-order valence-electron chi connectivity index (χ0n) is 21.6. The van der Waals surface area contributed by atoms with Gasteiger partial charge in [0.05, 0.1) is 43.3 Å². The van der Waals surface area contributed by atoms with E-state index in [1.54, 1.807) is 0 Å². The topological polar surface area (TPSA) is 277 Å². The number of aromatic nitrogens is 1. The van der Waals surface area contributed by atoms with Gasteiger partial charge in [0.2, 0.25) is 0 Å². The number of carboxylic acids is 2. The van der Waals surface area contributed by atoms with Crippen molar-refractivity contribution in [3.8, 4) is 5.75 Å².